The molecule has 22 heavy (non-hydrogen) atoms. The average molecular weight is 297 g/mol. The first kappa shape index (κ1) is 16.0. The molecule has 1 amide bonds. The lowest BCUT2D eigenvalue weighted by atomic mass is 10.1. The normalized spacial score (nSPS) is 10.3. The van der Waals surface area contributed by atoms with Crippen molar-refractivity contribution in [2.45, 2.75) is 33.6 Å². The number of nitrogens with one attached hydrogen (secondary N) is 2. The van der Waals surface area contributed by atoms with Crippen LogP contribution in [0, 0.1) is 13.8 Å². The van der Waals surface area contributed by atoms with Crippen LogP contribution in [0.1, 0.15) is 41.3 Å². The predicted octanol–water partition coefficient (Wildman–Crippen LogP) is 3.97. The number of hydrogen-bond donors (Lipinski definition) is 2. The second-order valence-corrected chi connectivity index (χ2v) is 5.52. The number of carbonyl (C=O) groups is 1. The maximum absolute atomic E-state index is 12.1. The Bertz CT molecular complexity index is 653. The maximum atomic E-state index is 12.1. The van der Waals surface area contributed by atoms with Gasteiger partial charge in [-0.15, -0.1) is 0 Å². The summed E-state index contributed by atoms with van der Waals surface area (Å²) in [6.07, 6.45) is 5.36. The molecule has 0 saturated carbocycles. The molecule has 0 atom stereocenters. The van der Waals surface area contributed by atoms with Crippen molar-refractivity contribution in [2.24, 2.45) is 0 Å². The molecule has 2 aromatic rings. The minimum absolute atomic E-state index is 0.0785. The molecule has 1 aromatic heterocycles. The summed E-state index contributed by atoms with van der Waals surface area (Å²) in [4.78, 5) is 16.2. The van der Waals surface area contributed by atoms with Gasteiger partial charge in [0.25, 0.3) is 5.91 Å². The number of benzene rings is 1. The van der Waals surface area contributed by atoms with Gasteiger partial charge >= 0.3 is 0 Å². The van der Waals surface area contributed by atoms with Crippen LogP contribution in [0.5, 0.6) is 0 Å². The van der Waals surface area contributed by atoms with Crippen LogP contribution in [0.15, 0.2) is 36.7 Å². The molecule has 0 fully saturated rings. The molecular formula is C18H23N3O. The van der Waals surface area contributed by atoms with Crippen molar-refractivity contribution in [2.75, 3.05) is 11.9 Å². The van der Waals surface area contributed by atoms with Crippen molar-refractivity contribution in [3.8, 4) is 0 Å². The summed E-state index contributed by atoms with van der Waals surface area (Å²) in [7, 11) is 0. The molecule has 0 aliphatic carbocycles. The van der Waals surface area contributed by atoms with E-state index in [-0.39, 0.29) is 5.91 Å². The van der Waals surface area contributed by atoms with Crippen LogP contribution in [0.3, 0.4) is 0 Å². The van der Waals surface area contributed by atoms with E-state index in [1.807, 2.05) is 12.1 Å². The molecule has 0 spiro atoms. The van der Waals surface area contributed by atoms with Crippen LogP contribution in [-0.4, -0.2) is 17.4 Å². The van der Waals surface area contributed by atoms with Crippen molar-refractivity contribution < 1.29 is 4.79 Å². The van der Waals surface area contributed by atoms with Gasteiger partial charge in [0.05, 0.1) is 17.4 Å². The zero-order valence-electron chi connectivity index (χ0n) is 13.4. The molecule has 2 N–H and O–H groups in total. The van der Waals surface area contributed by atoms with Crippen molar-refractivity contribution in [1.82, 2.24) is 10.3 Å². The van der Waals surface area contributed by atoms with Crippen molar-refractivity contribution in [1.29, 1.82) is 0 Å². The number of anilines is 2. The lowest BCUT2D eigenvalue weighted by Crippen LogP contribution is -2.24. The third kappa shape index (κ3) is 4.32. The highest BCUT2D eigenvalue weighted by Gasteiger charge is 2.07. The molecule has 116 valence electrons. The van der Waals surface area contributed by atoms with Crippen LogP contribution in [-0.2, 0) is 0 Å². The molecule has 1 aromatic carbocycles. The van der Waals surface area contributed by atoms with E-state index in [1.54, 1.807) is 12.4 Å². The number of hydrogen-bond acceptors (Lipinski definition) is 3. The minimum atomic E-state index is -0.0785. The highest BCUT2D eigenvalue weighted by molar-refractivity contribution is 5.94. The average Bonchev–Trinajstić information content (AvgIpc) is 2.50. The Morgan fingerprint density at radius 3 is 2.73 bits per heavy atom. The van der Waals surface area contributed by atoms with Crippen molar-refractivity contribution in [3.05, 3.63) is 53.3 Å². The fourth-order valence-corrected chi connectivity index (χ4v) is 2.22. The van der Waals surface area contributed by atoms with E-state index in [1.165, 1.54) is 5.56 Å². The largest absolute Gasteiger partial charge is 0.354 e. The van der Waals surface area contributed by atoms with Gasteiger partial charge in [-0.05, 0) is 38.0 Å². The predicted molar refractivity (Wildman–Crippen MR) is 90.7 cm³/mol. The second kappa shape index (κ2) is 7.59. The Morgan fingerprint density at radius 1 is 1.18 bits per heavy atom. The maximum Gasteiger partial charge on any atom is 0.252 e. The van der Waals surface area contributed by atoms with Crippen LogP contribution in [0.4, 0.5) is 11.4 Å². The van der Waals surface area contributed by atoms with Gasteiger partial charge < -0.3 is 10.6 Å². The van der Waals surface area contributed by atoms with E-state index in [9.17, 15) is 4.79 Å². The third-order valence-electron chi connectivity index (χ3n) is 3.48. The van der Waals surface area contributed by atoms with Crippen LogP contribution >= 0.6 is 0 Å². The fraction of sp³-hybridized carbons (Fsp3) is 0.333. The molecule has 0 bridgehead atoms. The molecule has 1 heterocycles. The van der Waals surface area contributed by atoms with E-state index in [0.29, 0.717) is 12.1 Å². The third-order valence-corrected chi connectivity index (χ3v) is 3.48. The Kier molecular flexibility index (Phi) is 5.53. The van der Waals surface area contributed by atoms with Gasteiger partial charge in [0, 0.05) is 18.4 Å². The van der Waals surface area contributed by atoms with Gasteiger partial charge in [0.15, 0.2) is 0 Å². The summed E-state index contributed by atoms with van der Waals surface area (Å²) in [5, 5.41) is 6.22. The number of aryl methyl sites for hydroxylation is 2. The molecule has 0 saturated heterocycles. The summed E-state index contributed by atoms with van der Waals surface area (Å²) >= 11 is 0. The van der Waals surface area contributed by atoms with Gasteiger partial charge in [0.1, 0.15) is 0 Å². The quantitative estimate of drug-likeness (QED) is 0.793. The molecule has 0 aliphatic rings. The molecule has 4 heteroatoms. The van der Waals surface area contributed by atoms with Crippen LogP contribution in [0.25, 0.3) is 0 Å². The Hall–Kier alpha value is -2.36. The Labute approximate surface area is 132 Å². The minimum Gasteiger partial charge on any atom is -0.354 e. The van der Waals surface area contributed by atoms with E-state index in [4.69, 9.17) is 0 Å². The molecular weight excluding hydrogens is 274 g/mol. The highest BCUT2D eigenvalue weighted by atomic mass is 16.1. The van der Waals surface area contributed by atoms with Gasteiger partial charge in [-0.2, -0.15) is 0 Å². The first-order chi connectivity index (χ1) is 10.6. The smallest absolute Gasteiger partial charge is 0.252 e. The number of unbranched alkanes of at least 4 members (excludes halogenated alkanes) is 1. The lowest BCUT2D eigenvalue weighted by Gasteiger charge is -2.11. The van der Waals surface area contributed by atoms with E-state index < -0.39 is 0 Å². The standard InChI is InChI=1S/C18H23N3O/c1-4-5-8-20-18(22)15-10-16(12-19-11-15)21-17-7-6-13(2)9-14(17)3/h6-7,9-12,21H,4-5,8H2,1-3H3,(H,20,22). The van der Waals surface area contributed by atoms with Crippen LogP contribution in [0.2, 0.25) is 0 Å². The Morgan fingerprint density at radius 2 is 2.00 bits per heavy atom. The summed E-state index contributed by atoms with van der Waals surface area (Å²) in [5.74, 6) is -0.0785. The fourth-order valence-electron chi connectivity index (χ4n) is 2.22. The van der Waals surface area contributed by atoms with Crippen LogP contribution < -0.4 is 10.6 Å². The SMILES string of the molecule is CCCCNC(=O)c1cncc(Nc2ccc(C)cc2C)c1. The number of carbonyl (C=O) groups excluding carboxylic acids is 1. The Balaban J connectivity index is 2.09. The highest BCUT2D eigenvalue weighted by Crippen LogP contribution is 2.21. The first-order valence-electron chi connectivity index (χ1n) is 7.67. The van der Waals surface area contributed by atoms with Gasteiger partial charge in [-0.3, -0.25) is 9.78 Å². The van der Waals surface area contributed by atoms with Gasteiger partial charge in [-0.25, -0.2) is 0 Å². The number of rotatable bonds is 6. The molecule has 0 radical (unpaired) electrons. The van der Waals surface area contributed by atoms with E-state index in [0.717, 1.165) is 29.8 Å². The zero-order chi connectivity index (χ0) is 15.9. The molecule has 4 nitrogen and oxygen atoms in total. The number of amides is 1. The summed E-state index contributed by atoms with van der Waals surface area (Å²) in [6, 6.07) is 8.05. The van der Waals surface area contributed by atoms with Gasteiger partial charge in [0.2, 0.25) is 0 Å². The van der Waals surface area contributed by atoms with Gasteiger partial charge in [-0.1, -0.05) is 31.0 Å². The van der Waals surface area contributed by atoms with E-state index >= 15 is 0 Å². The summed E-state index contributed by atoms with van der Waals surface area (Å²) < 4.78 is 0. The number of nitrogens with zero attached hydrogens (tertiary/aromatic N) is 1. The number of aromatic nitrogens is 1. The topological polar surface area (TPSA) is 54.0 Å². The lowest BCUT2D eigenvalue weighted by molar-refractivity contribution is 0.0953. The molecule has 0 aliphatic heterocycles. The summed E-state index contributed by atoms with van der Waals surface area (Å²) in [6.45, 7) is 6.93. The second-order valence-electron chi connectivity index (χ2n) is 5.52. The monoisotopic (exact) mass is 297 g/mol. The molecule has 2 rings (SSSR count). The zero-order valence-corrected chi connectivity index (χ0v) is 13.4. The number of pyridine rings is 1. The summed E-state index contributed by atoms with van der Waals surface area (Å²) in [5.41, 5.74) is 4.81. The van der Waals surface area contributed by atoms with Crippen molar-refractivity contribution in [3.63, 3.8) is 0 Å². The molecule has 0 unspecified atom stereocenters. The van der Waals surface area contributed by atoms with E-state index in [2.05, 4.69) is 48.5 Å². The first-order valence-corrected chi connectivity index (χ1v) is 7.67. The van der Waals surface area contributed by atoms with Crippen molar-refractivity contribution >= 4 is 17.3 Å².